The number of ether oxygens (including phenoxy) is 2. The Hall–Kier alpha value is -4.33. The maximum Gasteiger partial charge on any atom is 0.410 e. The molecular formula is C29H35N7O4. The molecule has 11 heteroatoms. The van der Waals surface area contributed by atoms with Gasteiger partial charge in [-0.05, 0) is 53.0 Å². The van der Waals surface area contributed by atoms with Crippen LogP contribution in [0.15, 0.2) is 30.7 Å². The second-order valence-corrected chi connectivity index (χ2v) is 11.1. The number of amides is 2. The standard InChI is InChI=1S/C29H35N7O4/c1-6-7-12-39-25-14-22-19(17-34(5)33-22)13-23(25)32-27(37)24-15-31-26(16-30-24)35-11-10-21(18-35)36(20-8-9-20)28(38)40-29(2,3)4/h13-17,20-21H,8-12,18H2,1-5H3,(H,32,37)/t21-/m1/s1. The molecule has 0 radical (unpaired) electrons. The molecule has 0 spiro atoms. The van der Waals surface area contributed by atoms with E-state index in [1.807, 2.05) is 45.0 Å². The Labute approximate surface area is 233 Å². The van der Waals surface area contributed by atoms with Crippen molar-refractivity contribution in [2.45, 2.75) is 64.6 Å². The minimum Gasteiger partial charge on any atom is -0.479 e. The van der Waals surface area contributed by atoms with Crippen molar-refractivity contribution in [1.29, 1.82) is 0 Å². The summed E-state index contributed by atoms with van der Waals surface area (Å²) in [5.74, 6) is 6.39. The van der Waals surface area contributed by atoms with Crippen LogP contribution in [0.1, 0.15) is 57.4 Å². The van der Waals surface area contributed by atoms with Gasteiger partial charge in [0.05, 0.1) is 29.6 Å². The van der Waals surface area contributed by atoms with Crippen molar-refractivity contribution in [2.75, 3.05) is 29.9 Å². The Morgan fingerprint density at radius 1 is 1.15 bits per heavy atom. The fraction of sp³-hybridized carbons (Fsp3) is 0.483. The van der Waals surface area contributed by atoms with Crippen LogP contribution in [-0.4, -0.2) is 74.0 Å². The number of carbonyl (C=O) groups excluding carboxylic acids is 2. The third-order valence-electron chi connectivity index (χ3n) is 6.74. The quantitative estimate of drug-likeness (QED) is 0.443. The Balaban J connectivity index is 1.26. The molecule has 11 nitrogen and oxygen atoms in total. The molecule has 210 valence electrons. The fourth-order valence-corrected chi connectivity index (χ4v) is 4.81. The van der Waals surface area contributed by atoms with Crippen LogP contribution in [0.5, 0.6) is 5.75 Å². The molecule has 40 heavy (non-hydrogen) atoms. The van der Waals surface area contributed by atoms with Crippen molar-refractivity contribution in [3.8, 4) is 17.6 Å². The molecule has 1 aromatic carbocycles. The molecular weight excluding hydrogens is 510 g/mol. The van der Waals surface area contributed by atoms with Gasteiger partial charge in [0.2, 0.25) is 0 Å². The number of rotatable bonds is 7. The van der Waals surface area contributed by atoms with Gasteiger partial charge in [0, 0.05) is 43.8 Å². The Morgan fingerprint density at radius 2 is 1.95 bits per heavy atom. The maximum absolute atomic E-state index is 13.1. The molecule has 5 rings (SSSR count). The summed E-state index contributed by atoms with van der Waals surface area (Å²) in [5, 5.41) is 8.17. The Morgan fingerprint density at radius 3 is 2.62 bits per heavy atom. The van der Waals surface area contributed by atoms with Crippen molar-refractivity contribution in [3.63, 3.8) is 0 Å². The number of hydrogen-bond donors (Lipinski definition) is 1. The van der Waals surface area contributed by atoms with Gasteiger partial charge in [0.1, 0.15) is 29.5 Å². The van der Waals surface area contributed by atoms with Gasteiger partial charge in [-0.25, -0.2) is 14.8 Å². The number of benzene rings is 1. The molecule has 3 aromatic rings. The van der Waals surface area contributed by atoms with Crippen molar-refractivity contribution in [2.24, 2.45) is 7.05 Å². The number of nitrogens with zero attached hydrogens (tertiary/aromatic N) is 6. The number of fused-ring (bicyclic) bond motifs is 1. The van der Waals surface area contributed by atoms with Gasteiger partial charge >= 0.3 is 6.09 Å². The third kappa shape index (κ3) is 6.28. The number of hydrogen-bond acceptors (Lipinski definition) is 8. The topological polar surface area (TPSA) is 115 Å². The van der Waals surface area contributed by atoms with E-state index in [-0.39, 0.29) is 30.5 Å². The summed E-state index contributed by atoms with van der Waals surface area (Å²) >= 11 is 0. The second kappa shape index (κ2) is 11.0. The van der Waals surface area contributed by atoms with Crippen LogP contribution in [0.3, 0.4) is 0 Å². The van der Waals surface area contributed by atoms with Gasteiger partial charge in [-0.3, -0.25) is 9.48 Å². The zero-order valence-electron chi connectivity index (χ0n) is 23.6. The van der Waals surface area contributed by atoms with Crippen LogP contribution in [0.2, 0.25) is 0 Å². The largest absolute Gasteiger partial charge is 0.479 e. The van der Waals surface area contributed by atoms with Crippen LogP contribution in [0.4, 0.5) is 16.3 Å². The summed E-state index contributed by atoms with van der Waals surface area (Å²) in [6.07, 6.45) is 7.51. The van der Waals surface area contributed by atoms with Gasteiger partial charge in [0.25, 0.3) is 5.91 Å². The molecule has 0 bridgehead atoms. The Kier molecular flexibility index (Phi) is 7.52. The number of nitrogens with one attached hydrogen (secondary N) is 1. The van der Waals surface area contributed by atoms with Gasteiger partial charge in [0.15, 0.2) is 0 Å². The summed E-state index contributed by atoms with van der Waals surface area (Å²) in [7, 11) is 1.84. The maximum atomic E-state index is 13.1. The third-order valence-corrected chi connectivity index (χ3v) is 6.74. The lowest BCUT2D eigenvalue weighted by molar-refractivity contribution is 0.0158. The van der Waals surface area contributed by atoms with E-state index in [2.05, 4.69) is 37.1 Å². The first-order chi connectivity index (χ1) is 19.1. The summed E-state index contributed by atoms with van der Waals surface area (Å²) in [6.45, 7) is 8.97. The van der Waals surface area contributed by atoms with Gasteiger partial charge in [-0.1, -0.05) is 5.92 Å². The highest BCUT2D eigenvalue weighted by atomic mass is 16.6. The number of carbonyl (C=O) groups is 2. The van der Waals surface area contributed by atoms with Crippen molar-refractivity contribution >= 4 is 34.4 Å². The molecule has 1 aliphatic carbocycles. The first-order valence-corrected chi connectivity index (χ1v) is 13.5. The molecule has 1 saturated carbocycles. The molecule has 1 N–H and O–H groups in total. The summed E-state index contributed by atoms with van der Waals surface area (Å²) in [5.41, 5.74) is 0.891. The summed E-state index contributed by atoms with van der Waals surface area (Å²) < 4.78 is 13.2. The second-order valence-electron chi connectivity index (χ2n) is 11.1. The van der Waals surface area contributed by atoms with Crippen molar-refractivity contribution in [3.05, 3.63) is 36.4 Å². The van der Waals surface area contributed by atoms with Crippen molar-refractivity contribution in [1.82, 2.24) is 24.6 Å². The number of aryl methyl sites for hydroxylation is 1. The van der Waals surface area contributed by atoms with E-state index >= 15 is 0 Å². The van der Waals surface area contributed by atoms with Gasteiger partial charge in [-0.2, -0.15) is 5.10 Å². The highest BCUT2D eigenvalue weighted by Crippen LogP contribution is 2.34. The van der Waals surface area contributed by atoms with E-state index in [0.717, 1.165) is 36.7 Å². The van der Waals surface area contributed by atoms with Gasteiger partial charge < -0.3 is 24.6 Å². The molecule has 2 aliphatic rings. The van der Waals surface area contributed by atoms with E-state index in [4.69, 9.17) is 9.47 Å². The molecule has 3 heterocycles. The first-order valence-electron chi connectivity index (χ1n) is 13.5. The molecule has 1 atom stereocenters. The SMILES string of the molecule is CC#CCOc1cc2nn(C)cc2cc1NC(=O)c1cnc(N2CC[C@@H](N(C(=O)OC(C)(C)C)C3CC3)C2)cn1. The summed E-state index contributed by atoms with van der Waals surface area (Å²) in [4.78, 5) is 38.9. The average Bonchev–Trinajstić information content (AvgIpc) is 3.48. The molecule has 1 aliphatic heterocycles. The molecule has 2 aromatic heterocycles. The average molecular weight is 546 g/mol. The minimum absolute atomic E-state index is 0.0466. The number of aromatic nitrogens is 4. The van der Waals surface area contributed by atoms with Crippen molar-refractivity contribution < 1.29 is 19.1 Å². The molecule has 2 amide bonds. The van der Waals surface area contributed by atoms with E-state index < -0.39 is 11.5 Å². The van der Waals surface area contributed by atoms with Crippen LogP contribution >= 0.6 is 0 Å². The Bertz CT molecular complexity index is 1460. The molecule has 1 saturated heterocycles. The van der Waals surface area contributed by atoms with E-state index in [0.29, 0.717) is 23.8 Å². The predicted molar refractivity (Wildman–Crippen MR) is 151 cm³/mol. The summed E-state index contributed by atoms with van der Waals surface area (Å²) in [6, 6.07) is 3.89. The van der Waals surface area contributed by atoms with E-state index in [1.54, 1.807) is 23.9 Å². The zero-order chi connectivity index (χ0) is 28.4. The first kappa shape index (κ1) is 27.2. The monoisotopic (exact) mass is 545 g/mol. The van der Waals surface area contributed by atoms with Gasteiger partial charge in [-0.15, -0.1) is 5.92 Å². The number of anilines is 2. The normalized spacial score (nSPS) is 16.8. The highest BCUT2D eigenvalue weighted by Gasteiger charge is 2.42. The minimum atomic E-state index is -0.537. The predicted octanol–water partition coefficient (Wildman–Crippen LogP) is 4.00. The van der Waals surface area contributed by atoms with Crippen LogP contribution in [-0.2, 0) is 11.8 Å². The smallest absolute Gasteiger partial charge is 0.410 e. The molecule has 0 unspecified atom stereocenters. The zero-order valence-corrected chi connectivity index (χ0v) is 23.6. The van der Waals surface area contributed by atoms with E-state index in [9.17, 15) is 9.59 Å². The highest BCUT2D eigenvalue weighted by molar-refractivity contribution is 6.04. The lowest BCUT2D eigenvalue weighted by Crippen LogP contribution is -2.46. The lowest BCUT2D eigenvalue weighted by Gasteiger charge is -2.31. The molecule has 2 fully saturated rings. The van der Waals surface area contributed by atoms with Crippen LogP contribution < -0.4 is 15.0 Å². The van der Waals surface area contributed by atoms with Crippen LogP contribution in [0, 0.1) is 11.8 Å². The lowest BCUT2D eigenvalue weighted by atomic mass is 10.2. The fourth-order valence-electron chi connectivity index (χ4n) is 4.81. The van der Waals surface area contributed by atoms with Crippen LogP contribution in [0.25, 0.3) is 10.9 Å². The van der Waals surface area contributed by atoms with E-state index in [1.165, 1.54) is 6.20 Å².